The van der Waals surface area contributed by atoms with Crippen molar-refractivity contribution in [2.24, 2.45) is 5.41 Å². The van der Waals surface area contributed by atoms with E-state index in [1.54, 1.807) is 0 Å². The number of aliphatic carboxylic acids is 1. The molecule has 1 spiro atoms. The zero-order chi connectivity index (χ0) is 7.90. The summed E-state index contributed by atoms with van der Waals surface area (Å²) in [5, 5.41) is 11.8. The Morgan fingerprint density at radius 3 is 2.67 bits per heavy atom. The number of hydrogen-bond donors (Lipinski definition) is 2. The lowest BCUT2D eigenvalue weighted by Crippen LogP contribution is -2.24. The molecule has 70 valence electrons. The van der Waals surface area contributed by atoms with Gasteiger partial charge in [-0.1, -0.05) is 0 Å². The average Bonchev–Trinajstić information content (AvgIpc) is 2.51. The summed E-state index contributed by atoms with van der Waals surface area (Å²) in [6.45, 7) is 1.05. The van der Waals surface area contributed by atoms with Crippen LogP contribution in [0.3, 0.4) is 0 Å². The molecule has 2 fully saturated rings. The molecule has 1 aliphatic carbocycles. The van der Waals surface area contributed by atoms with E-state index in [1.165, 1.54) is 12.8 Å². The number of carbonyl (C=O) groups is 1. The van der Waals surface area contributed by atoms with Gasteiger partial charge in [0.1, 0.15) is 0 Å². The number of rotatable bonds is 2. The minimum atomic E-state index is -0.680. The molecule has 3 nitrogen and oxygen atoms in total. The van der Waals surface area contributed by atoms with Crippen LogP contribution in [-0.2, 0) is 4.79 Å². The van der Waals surface area contributed by atoms with Gasteiger partial charge < -0.3 is 10.4 Å². The maximum absolute atomic E-state index is 10.3. The Labute approximate surface area is 77.9 Å². The summed E-state index contributed by atoms with van der Waals surface area (Å²) < 4.78 is 0. The Hall–Kier alpha value is -0.280. The monoisotopic (exact) mass is 191 g/mol. The summed E-state index contributed by atoms with van der Waals surface area (Å²) in [6, 6.07) is 0.245. The summed E-state index contributed by atoms with van der Waals surface area (Å²) in [4.78, 5) is 10.3. The normalized spacial score (nSPS) is 29.8. The van der Waals surface area contributed by atoms with E-state index < -0.39 is 5.97 Å². The molecule has 0 radical (unpaired) electrons. The van der Waals surface area contributed by atoms with E-state index in [2.05, 4.69) is 5.32 Å². The van der Waals surface area contributed by atoms with Crippen LogP contribution in [-0.4, -0.2) is 23.7 Å². The molecule has 2 N–H and O–H groups in total. The van der Waals surface area contributed by atoms with E-state index in [0.29, 0.717) is 11.8 Å². The van der Waals surface area contributed by atoms with Crippen LogP contribution in [0.1, 0.15) is 25.7 Å². The predicted molar refractivity (Wildman–Crippen MR) is 47.6 cm³/mol. The SMILES string of the molecule is Cl.O=C(O)C[C@@H]1CC2(CC2)CN1. The van der Waals surface area contributed by atoms with Crippen LogP contribution in [0.5, 0.6) is 0 Å². The first-order valence-electron chi connectivity index (χ1n) is 4.15. The van der Waals surface area contributed by atoms with Gasteiger partial charge in [-0.05, 0) is 24.7 Å². The van der Waals surface area contributed by atoms with E-state index in [-0.39, 0.29) is 18.4 Å². The third-order valence-electron chi connectivity index (χ3n) is 2.82. The molecule has 1 atom stereocenters. The van der Waals surface area contributed by atoms with E-state index >= 15 is 0 Å². The second-order valence-corrected chi connectivity index (χ2v) is 3.88. The summed E-state index contributed by atoms with van der Waals surface area (Å²) >= 11 is 0. The summed E-state index contributed by atoms with van der Waals surface area (Å²) in [5.74, 6) is -0.680. The van der Waals surface area contributed by atoms with Gasteiger partial charge in [-0.2, -0.15) is 0 Å². The van der Waals surface area contributed by atoms with Crippen molar-refractivity contribution in [1.29, 1.82) is 0 Å². The highest BCUT2D eigenvalue weighted by Crippen LogP contribution is 2.52. The predicted octanol–water partition coefficient (Wildman–Crippen LogP) is 1.02. The van der Waals surface area contributed by atoms with Gasteiger partial charge in [0.05, 0.1) is 6.42 Å². The van der Waals surface area contributed by atoms with Crippen LogP contribution in [0.2, 0.25) is 0 Å². The number of halogens is 1. The highest BCUT2D eigenvalue weighted by Gasteiger charge is 2.48. The Morgan fingerprint density at radius 2 is 2.25 bits per heavy atom. The van der Waals surface area contributed by atoms with E-state index in [0.717, 1.165) is 13.0 Å². The van der Waals surface area contributed by atoms with E-state index in [4.69, 9.17) is 5.11 Å². The minimum Gasteiger partial charge on any atom is -0.481 e. The van der Waals surface area contributed by atoms with Crippen molar-refractivity contribution < 1.29 is 9.90 Å². The first-order valence-corrected chi connectivity index (χ1v) is 4.15. The van der Waals surface area contributed by atoms with Crippen molar-refractivity contribution in [2.45, 2.75) is 31.7 Å². The molecule has 0 unspecified atom stereocenters. The second-order valence-electron chi connectivity index (χ2n) is 3.88. The van der Waals surface area contributed by atoms with Crippen LogP contribution >= 0.6 is 12.4 Å². The number of nitrogens with one attached hydrogen (secondary N) is 1. The van der Waals surface area contributed by atoms with Gasteiger partial charge in [0, 0.05) is 12.6 Å². The molecule has 1 aliphatic heterocycles. The molecule has 0 aromatic heterocycles. The first-order chi connectivity index (χ1) is 5.20. The quantitative estimate of drug-likeness (QED) is 0.686. The third-order valence-corrected chi connectivity index (χ3v) is 2.82. The van der Waals surface area contributed by atoms with E-state index in [1.807, 2.05) is 0 Å². The Bertz CT molecular complexity index is 191. The van der Waals surface area contributed by atoms with Gasteiger partial charge in [-0.15, -0.1) is 12.4 Å². The molecule has 1 saturated carbocycles. The van der Waals surface area contributed by atoms with Crippen molar-refractivity contribution in [2.75, 3.05) is 6.54 Å². The molecule has 1 heterocycles. The summed E-state index contributed by atoms with van der Waals surface area (Å²) in [7, 11) is 0. The topological polar surface area (TPSA) is 49.3 Å². The smallest absolute Gasteiger partial charge is 0.304 e. The molecule has 4 heteroatoms. The average molecular weight is 192 g/mol. The fourth-order valence-corrected chi connectivity index (χ4v) is 1.94. The fraction of sp³-hybridized carbons (Fsp3) is 0.875. The molecule has 12 heavy (non-hydrogen) atoms. The number of carboxylic acids is 1. The molecule has 0 aromatic carbocycles. The molecule has 0 aromatic rings. The van der Waals surface area contributed by atoms with Gasteiger partial charge in [0.15, 0.2) is 0 Å². The van der Waals surface area contributed by atoms with Crippen molar-refractivity contribution in [3.05, 3.63) is 0 Å². The molecule has 0 bridgehead atoms. The summed E-state index contributed by atoms with van der Waals surface area (Å²) in [5.41, 5.74) is 0.528. The second kappa shape index (κ2) is 3.23. The largest absolute Gasteiger partial charge is 0.481 e. The van der Waals surface area contributed by atoms with Crippen LogP contribution in [0, 0.1) is 5.41 Å². The Kier molecular flexibility index (Phi) is 2.64. The minimum absolute atomic E-state index is 0. The van der Waals surface area contributed by atoms with Crippen LogP contribution in [0.4, 0.5) is 0 Å². The fourth-order valence-electron chi connectivity index (χ4n) is 1.94. The molecular weight excluding hydrogens is 178 g/mol. The Balaban J connectivity index is 0.000000720. The maximum atomic E-state index is 10.3. The van der Waals surface area contributed by atoms with Crippen LogP contribution < -0.4 is 5.32 Å². The molecule has 2 rings (SSSR count). The van der Waals surface area contributed by atoms with Gasteiger partial charge >= 0.3 is 5.97 Å². The van der Waals surface area contributed by atoms with Crippen molar-refractivity contribution in [3.63, 3.8) is 0 Å². The van der Waals surface area contributed by atoms with Crippen molar-refractivity contribution in [3.8, 4) is 0 Å². The highest BCUT2D eigenvalue weighted by molar-refractivity contribution is 5.85. The zero-order valence-corrected chi connectivity index (χ0v) is 7.69. The molecule has 2 aliphatic rings. The lowest BCUT2D eigenvalue weighted by Gasteiger charge is -2.05. The lowest BCUT2D eigenvalue weighted by molar-refractivity contribution is -0.137. The Morgan fingerprint density at radius 1 is 1.58 bits per heavy atom. The van der Waals surface area contributed by atoms with Crippen molar-refractivity contribution >= 4 is 18.4 Å². The highest BCUT2D eigenvalue weighted by atomic mass is 35.5. The maximum Gasteiger partial charge on any atom is 0.304 e. The zero-order valence-electron chi connectivity index (χ0n) is 6.88. The molecular formula is C8H14ClNO2. The van der Waals surface area contributed by atoms with Crippen LogP contribution in [0.25, 0.3) is 0 Å². The van der Waals surface area contributed by atoms with Gasteiger partial charge in [0.25, 0.3) is 0 Å². The van der Waals surface area contributed by atoms with E-state index in [9.17, 15) is 4.79 Å². The molecule has 0 amide bonds. The van der Waals surface area contributed by atoms with Gasteiger partial charge in [0.2, 0.25) is 0 Å². The number of hydrogen-bond acceptors (Lipinski definition) is 2. The third kappa shape index (κ3) is 1.90. The van der Waals surface area contributed by atoms with Crippen LogP contribution in [0.15, 0.2) is 0 Å². The van der Waals surface area contributed by atoms with Crippen molar-refractivity contribution in [1.82, 2.24) is 5.32 Å². The summed E-state index contributed by atoms with van der Waals surface area (Å²) in [6.07, 6.45) is 3.98. The van der Waals surface area contributed by atoms with Gasteiger partial charge in [-0.25, -0.2) is 0 Å². The molecule has 1 saturated heterocycles. The first kappa shape index (κ1) is 9.81. The number of carboxylic acid groups (broad SMARTS) is 1. The standard InChI is InChI=1S/C8H13NO2.ClH/c10-7(11)3-6-4-8(1-2-8)5-9-6;/h6,9H,1-5H2,(H,10,11);1H/t6-;/m1./s1. The van der Waals surface area contributed by atoms with Gasteiger partial charge in [-0.3, -0.25) is 4.79 Å². The lowest BCUT2D eigenvalue weighted by atomic mass is 10.0.